The summed E-state index contributed by atoms with van der Waals surface area (Å²) in [7, 11) is 2.04. The molecule has 0 aliphatic carbocycles. The van der Waals surface area contributed by atoms with Crippen LogP contribution in [0.3, 0.4) is 0 Å². The van der Waals surface area contributed by atoms with E-state index in [0.717, 1.165) is 13.0 Å². The number of thioether (sulfide) groups is 1. The molecule has 0 unspecified atom stereocenters. The predicted octanol–water partition coefficient (Wildman–Crippen LogP) is 1.16. The lowest BCUT2D eigenvalue weighted by molar-refractivity contribution is -0.132. The summed E-state index contributed by atoms with van der Waals surface area (Å²) in [6.45, 7) is 1.69. The van der Waals surface area contributed by atoms with E-state index in [1.807, 2.05) is 25.2 Å². The van der Waals surface area contributed by atoms with Gasteiger partial charge in [-0.1, -0.05) is 18.2 Å². The number of hydrogen-bond acceptors (Lipinski definition) is 4. The van der Waals surface area contributed by atoms with E-state index in [1.165, 1.54) is 5.69 Å². The van der Waals surface area contributed by atoms with Crippen LogP contribution in [-0.2, 0) is 9.59 Å². The second kappa shape index (κ2) is 7.93. The van der Waals surface area contributed by atoms with Crippen LogP contribution >= 0.6 is 11.8 Å². The standard InChI is InChI=1S/C15H21N3O2S/c1-17(13-6-3-2-4-7-13)9-5-8-16-14(19)10-18-12-21-11-15(18)20/h2-4,6-7H,5,8-12H2,1H3,(H,16,19). The Labute approximate surface area is 129 Å². The maximum atomic E-state index is 11.7. The second-order valence-corrected chi connectivity index (χ2v) is 5.98. The summed E-state index contributed by atoms with van der Waals surface area (Å²) < 4.78 is 0. The highest BCUT2D eigenvalue weighted by molar-refractivity contribution is 8.00. The molecule has 0 spiro atoms. The molecule has 1 aromatic rings. The fourth-order valence-corrected chi connectivity index (χ4v) is 3.03. The van der Waals surface area contributed by atoms with Crippen molar-refractivity contribution in [2.24, 2.45) is 0 Å². The van der Waals surface area contributed by atoms with Crippen LogP contribution in [0.1, 0.15) is 6.42 Å². The van der Waals surface area contributed by atoms with Gasteiger partial charge in [-0.15, -0.1) is 11.8 Å². The van der Waals surface area contributed by atoms with E-state index in [4.69, 9.17) is 0 Å². The molecule has 1 aliphatic rings. The molecular weight excluding hydrogens is 286 g/mol. The van der Waals surface area contributed by atoms with Crippen LogP contribution in [0.2, 0.25) is 0 Å². The van der Waals surface area contributed by atoms with Gasteiger partial charge in [0.05, 0.1) is 11.6 Å². The zero-order chi connectivity index (χ0) is 15.1. The average Bonchev–Trinajstić information content (AvgIpc) is 2.89. The number of hydrogen-bond donors (Lipinski definition) is 1. The van der Waals surface area contributed by atoms with Gasteiger partial charge >= 0.3 is 0 Å². The number of nitrogens with one attached hydrogen (secondary N) is 1. The molecule has 1 aliphatic heterocycles. The molecule has 2 rings (SSSR count). The van der Waals surface area contributed by atoms with Crippen LogP contribution in [-0.4, -0.2) is 55.0 Å². The highest BCUT2D eigenvalue weighted by atomic mass is 32.2. The minimum Gasteiger partial charge on any atom is -0.375 e. The summed E-state index contributed by atoms with van der Waals surface area (Å²) in [6, 6.07) is 10.2. The summed E-state index contributed by atoms with van der Waals surface area (Å²) in [5.41, 5.74) is 1.17. The number of rotatable bonds is 7. The lowest BCUT2D eigenvalue weighted by Crippen LogP contribution is -2.39. The summed E-state index contributed by atoms with van der Waals surface area (Å²) in [5.74, 6) is 1.10. The third-order valence-corrected chi connectivity index (χ3v) is 4.29. The van der Waals surface area contributed by atoms with Crippen molar-refractivity contribution in [2.75, 3.05) is 43.2 Å². The molecule has 21 heavy (non-hydrogen) atoms. The third kappa shape index (κ3) is 4.97. The maximum Gasteiger partial charge on any atom is 0.239 e. The van der Waals surface area contributed by atoms with E-state index in [0.29, 0.717) is 18.2 Å². The van der Waals surface area contributed by atoms with Crippen LogP contribution < -0.4 is 10.2 Å². The first kappa shape index (κ1) is 15.7. The van der Waals surface area contributed by atoms with E-state index >= 15 is 0 Å². The molecule has 0 atom stereocenters. The molecule has 5 nitrogen and oxygen atoms in total. The van der Waals surface area contributed by atoms with Gasteiger partial charge in [0, 0.05) is 25.8 Å². The number of amides is 2. The minimum atomic E-state index is -0.0757. The van der Waals surface area contributed by atoms with Crippen molar-refractivity contribution in [3.05, 3.63) is 30.3 Å². The molecule has 114 valence electrons. The van der Waals surface area contributed by atoms with E-state index in [9.17, 15) is 9.59 Å². The van der Waals surface area contributed by atoms with Crippen molar-refractivity contribution in [1.29, 1.82) is 0 Å². The van der Waals surface area contributed by atoms with Crippen molar-refractivity contribution >= 4 is 29.3 Å². The molecule has 0 bridgehead atoms. The third-order valence-electron chi connectivity index (χ3n) is 3.35. The molecule has 2 amide bonds. The second-order valence-electron chi connectivity index (χ2n) is 5.03. The van der Waals surface area contributed by atoms with Gasteiger partial charge in [-0.25, -0.2) is 0 Å². The van der Waals surface area contributed by atoms with Gasteiger partial charge in [-0.05, 0) is 18.6 Å². The molecule has 1 fully saturated rings. The number of benzene rings is 1. The zero-order valence-corrected chi connectivity index (χ0v) is 13.1. The molecular formula is C15H21N3O2S. The van der Waals surface area contributed by atoms with Crippen LogP contribution in [0.5, 0.6) is 0 Å². The highest BCUT2D eigenvalue weighted by Gasteiger charge is 2.22. The largest absolute Gasteiger partial charge is 0.375 e. The Bertz CT molecular complexity index is 481. The molecule has 0 saturated carbocycles. The lowest BCUT2D eigenvalue weighted by Gasteiger charge is -2.19. The first-order valence-electron chi connectivity index (χ1n) is 7.05. The SMILES string of the molecule is CN(CCCNC(=O)CN1CSCC1=O)c1ccccc1. The molecule has 1 saturated heterocycles. The van der Waals surface area contributed by atoms with Gasteiger partial charge in [0.25, 0.3) is 0 Å². The lowest BCUT2D eigenvalue weighted by atomic mass is 10.3. The van der Waals surface area contributed by atoms with E-state index < -0.39 is 0 Å². The van der Waals surface area contributed by atoms with Gasteiger partial charge < -0.3 is 15.1 Å². The highest BCUT2D eigenvalue weighted by Crippen LogP contribution is 2.14. The van der Waals surface area contributed by atoms with Crippen LogP contribution in [0, 0.1) is 0 Å². The van der Waals surface area contributed by atoms with Gasteiger partial charge in [0.15, 0.2) is 0 Å². The molecule has 1 heterocycles. The van der Waals surface area contributed by atoms with E-state index in [1.54, 1.807) is 16.7 Å². The summed E-state index contributed by atoms with van der Waals surface area (Å²) in [6.07, 6.45) is 0.875. The Morgan fingerprint density at radius 3 is 2.81 bits per heavy atom. The first-order valence-corrected chi connectivity index (χ1v) is 8.20. The molecule has 0 aromatic heterocycles. The van der Waals surface area contributed by atoms with Crippen LogP contribution in [0.15, 0.2) is 30.3 Å². The fourth-order valence-electron chi connectivity index (χ4n) is 2.13. The summed E-state index contributed by atoms with van der Waals surface area (Å²) >= 11 is 1.55. The zero-order valence-electron chi connectivity index (χ0n) is 12.2. The molecule has 1 N–H and O–H groups in total. The van der Waals surface area contributed by atoms with Crippen molar-refractivity contribution < 1.29 is 9.59 Å². The first-order chi connectivity index (χ1) is 10.2. The quantitative estimate of drug-likeness (QED) is 0.768. The Morgan fingerprint density at radius 1 is 1.38 bits per heavy atom. The molecule has 0 radical (unpaired) electrons. The smallest absolute Gasteiger partial charge is 0.239 e. The van der Waals surface area contributed by atoms with Crippen molar-refractivity contribution in [2.45, 2.75) is 6.42 Å². The van der Waals surface area contributed by atoms with Crippen molar-refractivity contribution in [3.63, 3.8) is 0 Å². The fraction of sp³-hybridized carbons (Fsp3) is 0.467. The van der Waals surface area contributed by atoms with Crippen LogP contribution in [0.4, 0.5) is 5.69 Å². The average molecular weight is 307 g/mol. The normalized spacial score (nSPS) is 14.3. The number of para-hydroxylation sites is 1. The molecule has 1 aromatic carbocycles. The summed E-state index contributed by atoms with van der Waals surface area (Å²) in [4.78, 5) is 26.9. The van der Waals surface area contributed by atoms with E-state index in [2.05, 4.69) is 22.3 Å². The number of anilines is 1. The topological polar surface area (TPSA) is 52.7 Å². The Kier molecular flexibility index (Phi) is 5.92. The minimum absolute atomic E-state index is 0.0546. The number of carbonyl (C=O) groups excluding carboxylic acids is 2. The molecule has 6 heteroatoms. The van der Waals surface area contributed by atoms with Crippen molar-refractivity contribution in [1.82, 2.24) is 10.2 Å². The van der Waals surface area contributed by atoms with Gasteiger partial charge in [0.1, 0.15) is 6.54 Å². The van der Waals surface area contributed by atoms with Gasteiger partial charge in [0.2, 0.25) is 11.8 Å². The van der Waals surface area contributed by atoms with Gasteiger partial charge in [-0.2, -0.15) is 0 Å². The summed E-state index contributed by atoms with van der Waals surface area (Å²) in [5, 5.41) is 2.87. The predicted molar refractivity (Wildman–Crippen MR) is 86.4 cm³/mol. The van der Waals surface area contributed by atoms with Crippen LogP contribution in [0.25, 0.3) is 0 Å². The van der Waals surface area contributed by atoms with E-state index in [-0.39, 0.29) is 18.4 Å². The number of carbonyl (C=O) groups is 2. The Balaban J connectivity index is 1.61. The Hall–Kier alpha value is -1.69. The van der Waals surface area contributed by atoms with Gasteiger partial charge in [-0.3, -0.25) is 9.59 Å². The van der Waals surface area contributed by atoms with Crippen molar-refractivity contribution in [3.8, 4) is 0 Å². The number of nitrogens with zero attached hydrogens (tertiary/aromatic N) is 2. The maximum absolute atomic E-state index is 11.7. The monoisotopic (exact) mass is 307 g/mol. The Morgan fingerprint density at radius 2 is 2.14 bits per heavy atom.